The molecule has 1 unspecified atom stereocenters. The summed E-state index contributed by atoms with van der Waals surface area (Å²) >= 11 is 0. The number of rotatable bonds is 7. The molecule has 1 aromatic heterocycles. The van der Waals surface area contributed by atoms with Crippen LogP contribution in [0.25, 0.3) is 22.0 Å². The van der Waals surface area contributed by atoms with Crippen LogP contribution in [0.15, 0.2) is 77.7 Å². The lowest BCUT2D eigenvalue weighted by molar-refractivity contribution is 0.171. The summed E-state index contributed by atoms with van der Waals surface area (Å²) in [6, 6.07) is 21.3. The average molecular weight is 522 g/mol. The van der Waals surface area contributed by atoms with E-state index in [1.54, 1.807) is 37.3 Å². The minimum atomic E-state index is -3.83. The largest absolute Gasteiger partial charge is 0.413 e. The van der Waals surface area contributed by atoms with E-state index in [2.05, 4.69) is 35.8 Å². The fourth-order valence-corrected chi connectivity index (χ4v) is 4.96. The van der Waals surface area contributed by atoms with Gasteiger partial charge in [-0.15, -0.1) is 0 Å². The second kappa shape index (κ2) is 10.3. The van der Waals surface area contributed by atoms with E-state index in [1.807, 2.05) is 42.5 Å². The Balaban J connectivity index is 1.69. The van der Waals surface area contributed by atoms with Gasteiger partial charge >= 0.3 is 6.09 Å². The molecule has 4 aromatic rings. The number of H-pyrrole nitrogens is 1. The number of aliphatic hydroxyl groups excluding tert-OH is 1. The van der Waals surface area contributed by atoms with Crippen molar-refractivity contribution in [1.29, 1.82) is 0 Å². The molecule has 194 valence electrons. The lowest BCUT2D eigenvalue weighted by Gasteiger charge is -2.19. The fraction of sp³-hybridized carbons (Fsp3) is 0.250. The smallest absolute Gasteiger partial charge is 0.393 e. The Morgan fingerprint density at radius 2 is 1.70 bits per heavy atom. The number of hydrogen-bond acceptors (Lipinski definition) is 5. The van der Waals surface area contributed by atoms with Gasteiger partial charge in [0.15, 0.2) is 0 Å². The highest BCUT2D eigenvalue weighted by Crippen LogP contribution is 2.39. The number of ether oxygens (including phenoxy) is 1. The van der Waals surface area contributed by atoms with Crippen LogP contribution in [0.2, 0.25) is 0 Å². The highest BCUT2D eigenvalue weighted by atomic mass is 32.2. The van der Waals surface area contributed by atoms with Crippen LogP contribution in [-0.4, -0.2) is 37.3 Å². The Hall–Kier alpha value is -3.82. The number of fused-ring (bicyclic) bond motifs is 1. The third-order valence-corrected chi connectivity index (χ3v) is 7.24. The number of hydrogen-bond donors (Lipinski definition) is 4. The van der Waals surface area contributed by atoms with Crippen molar-refractivity contribution in [2.24, 2.45) is 0 Å². The zero-order chi connectivity index (χ0) is 26.8. The molecule has 0 fully saturated rings. The number of aliphatic hydroxyl groups is 1. The number of amides is 1. The summed E-state index contributed by atoms with van der Waals surface area (Å²) in [5.74, 6) is 0.210. The van der Waals surface area contributed by atoms with E-state index in [9.17, 15) is 18.3 Å². The second-order valence-electron chi connectivity index (χ2n) is 9.95. The first-order chi connectivity index (χ1) is 17.4. The van der Waals surface area contributed by atoms with Gasteiger partial charge in [-0.1, -0.05) is 63.2 Å². The first kappa shape index (κ1) is 26.2. The number of aromatic nitrogens is 1. The van der Waals surface area contributed by atoms with Crippen LogP contribution in [0, 0.1) is 0 Å². The normalized spacial score (nSPS) is 12.8. The van der Waals surface area contributed by atoms with Gasteiger partial charge in [-0.25, -0.2) is 13.2 Å². The van der Waals surface area contributed by atoms with Crippen LogP contribution in [0.1, 0.15) is 33.3 Å². The Morgan fingerprint density at radius 3 is 2.32 bits per heavy atom. The van der Waals surface area contributed by atoms with Gasteiger partial charge in [-0.2, -0.15) is 0 Å². The zero-order valence-corrected chi connectivity index (χ0v) is 22.0. The van der Waals surface area contributed by atoms with E-state index < -0.39 is 22.2 Å². The predicted molar refractivity (Wildman–Crippen MR) is 145 cm³/mol. The van der Waals surface area contributed by atoms with Crippen molar-refractivity contribution < 1.29 is 23.1 Å². The second-order valence-corrected chi connectivity index (χ2v) is 11.6. The highest BCUT2D eigenvalue weighted by molar-refractivity contribution is 7.92. The maximum absolute atomic E-state index is 13.1. The molecule has 0 saturated heterocycles. The van der Waals surface area contributed by atoms with Gasteiger partial charge in [0, 0.05) is 23.1 Å². The Bertz CT molecular complexity index is 1500. The highest BCUT2D eigenvalue weighted by Gasteiger charge is 2.21. The van der Waals surface area contributed by atoms with Crippen molar-refractivity contribution in [3.8, 4) is 17.0 Å². The number of carbonyl (C=O) groups excluding carboxylic acids is 1. The van der Waals surface area contributed by atoms with E-state index in [1.165, 1.54) is 0 Å². The van der Waals surface area contributed by atoms with E-state index in [0.717, 1.165) is 11.1 Å². The lowest BCUT2D eigenvalue weighted by atomic mass is 9.87. The van der Waals surface area contributed by atoms with E-state index in [0.29, 0.717) is 22.2 Å². The maximum Gasteiger partial charge on any atom is 0.413 e. The van der Waals surface area contributed by atoms with Gasteiger partial charge in [-0.05, 0) is 53.8 Å². The quantitative estimate of drug-likeness (QED) is 0.259. The van der Waals surface area contributed by atoms with Gasteiger partial charge in [0.2, 0.25) is 5.88 Å². The summed E-state index contributed by atoms with van der Waals surface area (Å²) in [5.41, 5.74) is 3.37. The van der Waals surface area contributed by atoms with Crippen molar-refractivity contribution in [1.82, 2.24) is 10.3 Å². The molecule has 3 aromatic carbocycles. The lowest BCUT2D eigenvalue weighted by Crippen LogP contribution is -2.33. The van der Waals surface area contributed by atoms with Crippen LogP contribution in [-0.2, 0) is 15.4 Å². The van der Waals surface area contributed by atoms with Crippen molar-refractivity contribution in [2.75, 3.05) is 11.3 Å². The first-order valence-electron chi connectivity index (χ1n) is 11.9. The molecule has 8 nitrogen and oxygen atoms in total. The van der Waals surface area contributed by atoms with Crippen molar-refractivity contribution >= 4 is 32.7 Å². The van der Waals surface area contributed by atoms with Crippen molar-refractivity contribution in [3.05, 3.63) is 78.4 Å². The van der Waals surface area contributed by atoms with Gasteiger partial charge in [0.05, 0.1) is 16.6 Å². The van der Waals surface area contributed by atoms with Crippen LogP contribution in [0.4, 0.5) is 10.5 Å². The monoisotopic (exact) mass is 521 g/mol. The van der Waals surface area contributed by atoms with E-state index in [-0.39, 0.29) is 22.7 Å². The SMILES string of the molecule is CC(O)CNC(=O)Oc1[nH]c2ccc(NS(=O)(=O)c3ccc(C(C)(C)C)cc3)cc2c1-c1ccccc1. The Kier molecular flexibility index (Phi) is 7.29. The molecule has 0 aliphatic carbocycles. The molecular formula is C28H31N3O5S. The van der Waals surface area contributed by atoms with E-state index >= 15 is 0 Å². The number of aromatic amines is 1. The molecule has 4 rings (SSSR count). The zero-order valence-electron chi connectivity index (χ0n) is 21.2. The summed E-state index contributed by atoms with van der Waals surface area (Å²) < 4.78 is 34.4. The first-order valence-corrected chi connectivity index (χ1v) is 13.4. The van der Waals surface area contributed by atoms with E-state index in [4.69, 9.17) is 4.74 Å². The summed E-state index contributed by atoms with van der Waals surface area (Å²) in [7, 11) is -3.83. The standard InChI is InChI=1S/C28H31N3O5S/c1-18(32)17-29-27(33)36-26-25(19-8-6-5-7-9-19)23-16-21(12-15-24(23)30-26)31-37(34,35)22-13-10-20(11-14-22)28(2,3)4/h5-16,18,30-32H,17H2,1-4H3,(H,29,33). The molecule has 1 atom stereocenters. The molecule has 0 saturated carbocycles. The molecule has 0 spiro atoms. The van der Waals surface area contributed by atoms with Crippen LogP contribution in [0.3, 0.4) is 0 Å². The van der Waals surface area contributed by atoms with Gasteiger partial charge < -0.3 is 20.1 Å². The molecule has 1 heterocycles. The molecule has 9 heteroatoms. The third-order valence-electron chi connectivity index (χ3n) is 5.85. The fourth-order valence-electron chi connectivity index (χ4n) is 3.91. The number of carbonyl (C=O) groups is 1. The summed E-state index contributed by atoms with van der Waals surface area (Å²) in [6.07, 6.45) is -1.44. The number of anilines is 1. The van der Waals surface area contributed by atoms with Gasteiger partial charge in [0.25, 0.3) is 10.0 Å². The van der Waals surface area contributed by atoms with Crippen LogP contribution in [0.5, 0.6) is 5.88 Å². The number of nitrogens with one attached hydrogen (secondary N) is 3. The number of benzene rings is 3. The van der Waals surface area contributed by atoms with Crippen LogP contribution < -0.4 is 14.8 Å². The molecule has 0 radical (unpaired) electrons. The average Bonchev–Trinajstić information content (AvgIpc) is 3.19. The third kappa shape index (κ3) is 6.12. The predicted octanol–water partition coefficient (Wildman–Crippen LogP) is 5.40. The van der Waals surface area contributed by atoms with Crippen molar-refractivity contribution in [2.45, 2.75) is 44.1 Å². The van der Waals surface area contributed by atoms with Gasteiger partial charge in [-0.3, -0.25) is 4.72 Å². The van der Waals surface area contributed by atoms with Gasteiger partial charge in [0.1, 0.15) is 0 Å². The maximum atomic E-state index is 13.1. The minimum absolute atomic E-state index is 0.0440. The summed E-state index contributed by atoms with van der Waals surface area (Å²) in [6.45, 7) is 7.81. The molecular weight excluding hydrogens is 490 g/mol. The molecule has 4 N–H and O–H groups in total. The molecule has 37 heavy (non-hydrogen) atoms. The number of sulfonamides is 1. The summed E-state index contributed by atoms with van der Waals surface area (Å²) in [5, 5.41) is 12.6. The minimum Gasteiger partial charge on any atom is -0.393 e. The van der Waals surface area contributed by atoms with Crippen molar-refractivity contribution in [3.63, 3.8) is 0 Å². The molecule has 0 aliphatic rings. The summed E-state index contributed by atoms with van der Waals surface area (Å²) in [4.78, 5) is 15.6. The Labute approximate surface area is 216 Å². The topological polar surface area (TPSA) is 121 Å². The van der Waals surface area contributed by atoms with Crippen LogP contribution >= 0.6 is 0 Å². The Morgan fingerprint density at radius 1 is 1.03 bits per heavy atom. The molecule has 0 bridgehead atoms. The molecule has 1 amide bonds. The molecule has 0 aliphatic heterocycles.